The number of esters is 1. The van der Waals surface area contributed by atoms with E-state index in [2.05, 4.69) is 10.4 Å². The Hall–Kier alpha value is -2.81. The number of aryl methyl sites for hydroxylation is 2. The summed E-state index contributed by atoms with van der Waals surface area (Å²) < 4.78 is 7.04. The monoisotopic (exact) mass is 418 g/mol. The van der Waals surface area contributed by atoms with Crippen molar-refractivity contribution in [3.8, 4) is 0 Å². The van der Waals surface area contributed by atoms with E-state index in [1.165, 1.54) is 23.6 Å². The number of nitrogens with one attached hydrogen (secondary N) is 1. The number of amides is 2. The number of hydrogen-bond acceptors (Lipinski definition) is 6. The Morgan fingerprint density at radius 2 is 1.90 bits per heavy atom. The van der Waals surface area contributed by atoms with E-state index in [4.69, 9.17) is 4.74 Å². The molecule has 1 atom stereocenters. The Bertz CT molecular complexity index is 923. The predicted molar refractivity (Wildman–Crippen MR) is 112 cm³/mol. The van der Waals surface area contributed by atoms with Crippen LogP contribution >= 0.6 is 11.8 Å². The highest BCUT2D eigenvalue weighted by Gasteiger charge is 2.23. The summed E-state index contributed by atoms with van der Waals surface area (Å²) in [6.07, 6.45) is -0.997. The average Bonchev–Trinajstić information content (AvgIpc) is 2.91. The fourth-order valence-corrected chi connectivity index (χ4v) is 3.51. The second-order valence-electron chi connectivity index (χ2n) is 6.78. The molecular weight excluding hydrogens is 392 g/mol. The standard InChI is InChI=1S/C20H26N4O4S/c1-12-18(13(2)24(6)22-12)21-19(26)14(3)28-20(27)15-9-7-8-10-16(15)29-11-17(25)23(4)5/h7-10,14H,11H2,1-6H3,(H,21,26)/t14-/m0/s1. The molecule has 2 amide bonds. The first-order valence-corrected chi connectivity index (χ1v) is 10.0. The molecule has 2 aromatic rings. The van der Waals surface area contributed by atoms with Gasteiger partial charge in [0.05, 0.1) is 28.4 Å². The number of carbonyl (C=O) groups excluding carboxylic acids is 3. The number of hydrogen-bond donors (Lipinski definition) is 1. The maximum atomic E-state index is 12.6. The molecule has 1 aromatic heterocycles. The van der Waals surface area contributed by atoms with Crippen LogP contribution in [-0.2, 0) is 21.4 Å². The van der Waals surface area contributed by atoms with Crippen molar-refractivity contribution in [2.45, 2.75) is 31.8 Å². The van der Waals surface area contributed by atoms with Gasteiger partial charge in [0.15, 0.2) is 6.10 Å². The van der Waals surface area contributed by atoms with Crippen molar-refractivity contribution in [1.82, 2.24) is 14.7 Å². The summed E-state index contributed by atoms with van der Waals surface area (Å²) in [6.45, 7) is 5.15. The number of rotatable bonds is 7. The van der Waals surface area contributed by atoms with Crippen LogP contribution in [0.15, 0.2) is 29.2 Å². The minimum absolute atomic E-state index is 0.0619. The highest BCUT2D eigenvalue weighted by molar-refractivity contribution is 8.00. The topological polar surface area (TPSA) is 93.5 Å². The van der Waals surface area contributed by atoms with Gasteiger partial charge in [-0.15, -0.1) is 11.8 Å². The van der Waals surface area contributed by atoms with E-state index in [-0.39, 0.29) is 11.7 Å². The van der Waals surface area contributed by atoms with Crippen LogP contribution < -0.4 is 5.32 Å². The van der Waals surface area contributed by atoms with Gasteiger partial charge in [-0.1, -0.05) is 12.1 Å². The first-order chi connectivity index (χ1) is 13.6. The van der Waals surface area contributed by atoms with E-state index < -0.39 is 18.0 Å². The predicted octanol–water partition coefficient (Wildman–Crippen LogP) is 2.40. The van der Waals surface area contributed by atoms with Crippen molar-refractivity contribution >= 4 is 35.2 Å². The van der Waals surface area contributed by atoms with E-state index in [0.29, 0.717) is 21.8 Å². The van der Waals surface area contributed by atoms with Gasteiger partial charge in [0.1, 0.15) is 0 Å². The van der Waals surface area contributed by atoms with Gasteiger partial charge in [-0.25, -0.2) is 4.79 Å². The fourth-order valence-electron chi connectivity index (χ4n) is 2.49. The minimum atomic E-state index is -0.997. The SMILES string of the molecule is Cc1nn(C)c(C)c1NC(=O)[C@H](C)OC(=O)c1ccccc1SCC(=O)N(C)C. The van der Waals surface area contributed by atoms with E-state index in [9.17, 15) is 14.4 Å². The summed E-state index contributed by atoms with van der Waals surface area (Å²) in [5.41, 5.74) is 2.42. The van der Waals surface area contributed by atoms with Crippen LogP contribution in [-0.4, -0.2) is 58.4 Å². The number of nitrogens with zero attached hydrogens (tertiary/aromatic N) is 3. The molecule has 0 fully saturated rings. The summed E-state index contributed by atoms with van der Waals surface area (Å²) in [6, 6.07) is 6.85. The van der Waals surface area contributed by atoms with Crippen molar-refractivity contribution in [2.75, 3.05) is 25.2 Å². The van der Waals surface area contributed by atoms with Gasteiger partial charge >= 0.3 is 5.97 Å². The van der Waals surface area contributed by atoms with Gasteiger partial charge in [0.25, 0.3) is 5.91 Å². The van der Waals surface area contributed by atoms with Crippen LogP contribution in [0.2, 0.25) is 0 Å². The molecular formula is C20H26N4O4S. The van der Waals surface area contributed by atoms with Gasteiger partial charge < -0.3 is 15.0 Å². The zero-order valence-corrected chi connectivity index (χ0v) is 18.3. The first-order valence-electron chi connectivity index (χ1n) is 9.05. The maximum absolute atomic E-state index is 12.6. The Kier molecular flexibility index (Phi) is 7.44. The number of anilines is 1. The molecule has 0 aliphatic heterocycles. The molecule has 2 rings (SSSR count). The molecule has 0 radical (unpaired) electrons. The van der Waals surface area contributed by atoms with E-state index >= 15 is 0 Å². The molecule has 9 heteroatoms. The molecule has 0 bridgehead atoms. The van der Waals surface area contributed by atoms with E-state index in [0.717, 1.165) is 5.69 Å². The lowest BCUT2D eigenvalue weighted by atomic mass is 10.2. The Labute approximate surface area is 174 Å². The van der Waals surface area contributed by atoms with E-state index in [1.54, 1.807) is 57.0 Å². The summed E-state index contributed by atoms with van der Waals surface area (Å²) in [5, 5.41) is 7.02. The first kappa shape index (κ1) is 22.5. The van der Waals surface area contributed by atoms with Crippen molar-refractivity contribution in [2.24, 2.45) is 7.05 Å². The fraction of sp³-hybridized carbons (Fsp3) is 0.400. The molecule has 8 nitrogen and oxygen atoms in total. The third-order valence-corrected chi connectivity index (χ3v) is 5.43. The highest BCUT2D eigenvalue weighted by Crippen LogP contribution is 2.24. The van der Waals surface area contributed by atoms with Crippen molar-refractivity contribution < 1.29 is 19.1 Å². The van der Waals surface area contributed by atoms with Gasteiger partial charge in [-0.05, 0) is 32.9 Å². The smallest absolute Gasteiger partial charge is 0.340 e. The summed E-state index contributed by atoms with van der Waals surface area (Å²) in [7, 11) is 5.14. The Balaban J connectivity index is 2.05. The van der Waals surface area contributed by atoms with Crippen LogP contribution in [0.5, 0.6) is 0 Å². The number of benzene rings is 1. The van der Waals surface area contributed by atoms with Gasteiger partial charge in [-0.2, -0.15) is 5.10 Å². The van der Waals surface area contributed by atoms with Crippen LogP contribution in [0.3, 0.4) is 0 Å². The van der Waals surface area contributed by atoms with Gasteiger partial charge in [0.2, 0.25) is 5.91 Å². The highest BCUT2D eigenvalue weighted by atomic mass is 32.2. The van der Waals surface area contributed by atoms with Crippen molar-refractivity contribution in [1.29, 1.82) is 0 Å². The second-order valence-corrected chi connectivity index (χ2v) is 7.80. The van der Waals surface area contributed by atoms with Crippen LogP contribution in [0.25, 0.3) is 0 Å². The molecule has 1 heterocycles. The number of carbonyl (C=O) groups is 3. The lowest BCUT2D eigenvalue weighted by Gasteiger charge is -2.15. The maximum Gasteiger partial charge on any atom is 0.340 e. The number of ether oxygens (including phenoxy) is 1. The molecule has 1 aromatic carbocycles. The molecule has 0 saturated carbocycles. The number of aromatic nitrogens is 2. The molecule has 0 saturated heterocycles. The van der Waals surface area contributed by atoms with E-state index in [1.807, 2.05) is 6.92 Å². The molecule has 0 spiro atoms. The molecule has 0 aliphatic rings. The van der Waals surface area contributed by atoms with Crippen molar-refractivity contribution in [3.63, 3.8) is 0 Å². The Morgan fingerprint density at radius 1 is 1.24 bits per heavy atom. The van der Waals surface area contributed by atoms with Crippen LogP contribution in [0.1, 0.15) is 28.7 Å². The van der Waals surface area contributed by atoms with Crippen LogP contribution in [0, 0.1) is 13.8 Å². The van der Waals surface area contributed by atoms with Crippen molar-refractivity contribution in [3.05, 3.63) is 41.2 Å². The summed E-state index contributed by atoms with van der Waals surface area (Å²) >= 11 is 1.25. The lowest BCUT2D eigenvalue weighted by molar-refractivity contribution is -0.126. The average molecular weight is 419 g/mol. The zero-order valence-electron chi connectivity index (χ0n) is 17.5. The lowest BCUT2D eigenvalue weighted by Crippen LogP contribution is -2.30. The van der Waals surface area contributed by atoms with Crippen LogP contribution in [0.4, 0.5) is 5.69 Å². The normalized spacial score (nSPS) is 11.7. The van der Waals surface area contributed by atoms with Gasteiger partial charge in [0, 0.05) is 26.0 Å². The Morgan fingerprint density at radius 3 is 2.48 bits per heavy atom. The number of thioether (sulfide) groups is 1. The second kappa shape index (κ2) is 9.60. The minimum Gasteiger partial charge on any atom is -0.449 e. The zero-order chi connectivity index (χ0) is 21.7. The van der Waals surface area contributed by atoms with Gasteiger partial charge in [-0.3, -0.25) is 14.3 Å². The summed E-state index contributed by atoms with van der Waals surface area (Å²) in [5.74, 6) is -0.918. The molecule has 1 N–H and O–H groups in total. The molecule has 156 valence electrons. The quantitative estimate of drug-likeness (QED) is 0.548. The molecule has 0 unspecified atom stereocenters. The largest absolute Gasteiger partial charge is 0.449 e. The summed E-state index contributed by atoms with van der Waals surface area (Å²) in [4.78, 5) is 39.0. The molecule has 0 aliphatic carbocycles. The third kappa shape index (κ3) is 5.60. The third-order valence-electron chi connectivity index (χ3n) is 4.37. The molecule has 29 heavy (non-hydrogen) atoms.